The molecule has 184 valence electrons. The summed E-state index contributed by atoms with van der Waals surface area (Å²) in [5.74, 6) is 0.284. The maximum Gasteiger partial charge on any atom is 0.143 e. The Bertz CT molecular complexity index is 1980. The SMILES string of the molecule is Oc1ccc(-c2cccc3c2oc2ccccc23)c2c1-c1ccccc1C2(c1ccccc1)c1ccccc1. The predicted octanol–water partition coefficient (Wildman–Crippen LogP) is 9.32. The van der Waals surface area contributed by atoms with Crippen molar-refractivity contribution < 1.29 is 9.52 Å². The minimum atomic E-state index is -0.628. The second-order valence-corrected chi connectivity index (χ2v) is 10.2. The molecule has 1 heterocycles. The Labute approximate surface area is 226 Å². The molecule has 0 bridgehead atoms. The zero-order chi connectivity index (χ0) is 26.0. The van der Waals surface area contributed by atoms with Gasteiger partial charge < -0.3 is 9.52 Å². The van der Waals surface area contributed by atoms with Crippen LogP contribution >= 0.6 is 0 Å². The largest absolute Gasteiger partial charge is 0.507 e. The topological polar surface area (TPSA) is 33.4 Å². The molecule has 0 saturated heterocycles. The molecule has 1 aromatic heterocycles. The summed E-state index contributed by atoms with van der Waals surface area (Å²) in [6.45, 7) is 0. The van der Waals surface area contributed by atoms with Crippen molar-refractivity contribution in [1.82, 2.24) is 0 Å². The van der Waals surface area contributed by atoms with Crippen molar-refractivity contribution in [2.45, 2.75) is 5.41 Å². The highest BCUT2D eigenvalue weighted by Gasteiger charge is 2.48. The summed E-state index contributed by atoms with van der Waals surface area (Å²) in [6, 6.07) is 48.3. The molecule has 0 atom stereocenters. The van der Waals surface area contributed by atoms with E-state index in [1.165, 1.54) is 0 Å². The second kappa shape index (κ2) is 8.21. The van der Waals surface area contributed by atoms with Gasteiger partial charge in [-0.25, -0.2) is 0 Å². The number of phenols is 1. The van der Waals surface area contributed by atoms with E-state index in [-0.39, 0.29) is 5.75 Å². The van der Waals surface area contributed by atoms with Gasteiger partial charge in [0.05, 0.1) is 5.41 Å². The van der Waals surface area contributed by atoms with Crippen LogP contribution in [0.2, 0.25) is 0 Å². The molecule has 0 fully saturated rings. The fraction of sp³-hybridized carbons (Fsp3) is 0.0270. The van der Waals surface area contributed by atoms with Crippen molar-refractivity contribution >= 4 is 21.9 Å². The number of hydrogen-bond acceptors (Lipinski definition) is 2. The number of para-hydroxylation sites is 2. The molecule has 0 aliphatic heterocycles. The summed E-state index contributed by atoms with van der Waals surface area (Å²) in [5.41, 5.74) is 9.66. The average Bonchev–Trinajstić information content (AvgIpc) is 3.54. The van der Waals surface area contributed by atoms with Crippen LogP contribution in [0.1, 0.15) is 22.3 Å². The number of rotatable bonds is 3. The highest BCUT2D eigenvalue weighted by atomic mass is 16.3. The zero-order valence-electron chi connectivity index (χ0n) is 21.1. The molecular weight excluding hydrogens is 476 g/mol. The Morgan fingerprint density at radius 1 is 0.487 bits per heavy atom. The van der Waals surface area contributed by atoms with E-state index in [0.717, 1.165) is 66.4 Å². The number of phenolic OH excluding ortho intramolecular Hbond substituents is 1. The molecule has 2 nitrogen and oxygen atoms in total. The van der Waals surface area contributed by atoms with Crippen LogP contribution in [0.5, 0.6) is 5.75 Å². The highest BCUT2D eigenvalue weighted by molar-refractivity contribution is 6.10. The fourth-order valence-corrected chi connectivity index (χ4v) is 6.74. The summed E-state index contributed by atoms with van der Waals surface area (Å²) >= 11 is 0. The van der Waals surface area contributed by atoms with Crippen LogP contribution in [-0.2, 0) is 5.41 Å². The zero-order valence-corrected chi connectivity index (χ0v) is 21.1. The first-order valence-electron chi connectivity index (χ1n) is 13.3. The molecular formula is C37H24O2. The van der Waals surface area contributed by atoms with E-state index < -0.39 is 5.41 Å². The van der Waals surface area contributed by atoms with Gasteiger partial charge >= 0.3 is 0 Å². The molecule has 6 aromatic carbocycles. The molecule has 1 N–H and O–H groups in total. The molecule has 0 spiro atoms. The molecule has 1 aliphatic carbocycles. The molecule has 2 heteroatoms. The van der Waals surface area contributed by atoms with Crippen LogP contribution in [0.25, 0.3) is 44.2 Å². The van der Waals surface area contributed by atoms with Gasteiger partial charge in [-0.15, -0.1) is 0 Å². The molecule has 0 radical (unpaired) electrons. The lowest BCUT2D eigenvalue weighted by atomic mass is 9.66. The van der Waals surface area contributed by atoms with Gasteiger partial charge in [0.25, 0.3) is 0 Å². The molecule has 0 saturated carbocycles. The van der Waals surface area contributed by atoms with Gasteiger partial charge in [-0.1, -0.05) is 127 Å². The first kappa shape index (κ1) is 22.0. The molecule has 1 aliphatic rings. The number of furan rings is 1. The molecule has 0 amide bonds. The van der Waals surface area contributed by atoms with Gasteiger partial charge in [-0.2, -0.15) is 0 Å². The van der Waals surface area contributed by atoms with E-state index in [4.69, 9.17) is 4.42 Å². The van der Waals surface area contributed by atoms with Gasteiger partial charge in [0.15, 0.2) is 0 Å². The van der Waals surface area contributed by atoms with Crippen molar-refractivity contribution in [2.75, 3.05) is 0 Å². The highest BCUT2D eigenvalue weighted by Crippen LogP contribution is 2.61. The van der Waals surface area contributed by atoms with Crippen LogP contribution in [0.4, 0.5) is 0 Å². The first-order chi connectivity index (χ1) is 19.3. The van der Waals surface area contributed by atoms with Crippen molar-refractivity contribution in [1.29, 1.82) is 0 Å². The van der Waals surface area contributed by atoms with Gasteiger partial charge in [-0.05, 0) is 45.5 Å². The van der Waals surface area contributed by atoms with Crippen molar-refractivity contribution in [2.24, 2.45) is 0 Å². The fourth-order valence-electron chi connectivity index (χ4n) is 6.74. The van der Waals surface area contributed by atoms with E-state index in [0.29, 0.717) is 0 Å². The standard InChI is InChI=1S/C37H24O2/c38-32-23-22-27(29-19-11-18-28-26-16-8-10-21-33(26)39-36(28)29)35-34(32)30-17-7-9-20-31(30)37(35,24-12-3-1-4-13-24)25-14-5-2-6-15-25/h1-23,38H. The normalized spacial score (nSPS) is 13.4. The predicted molar refractivity (Wildman–Crippen MR) is 158 cm³/mol. The van der Waals surface area contributed by atoms with E-state index >= 15 is 0 Å². The number of aromatic hydroxyl groups is 1. The number of benzene rings is 6. The first-order valence-corrected chi connectivity index (χ1v) is 13.3. The summed E-state index contributed by atoms with van der Waals surface area (Å²) in [5, 5.41) is 13.7. The van der Waals surface area contributed by atoms with Crippen molar-refractivity contribution in [3.63, 3.8) is 0 Å². The minimum Gasteiger partial charge on any atom is -0.507 e. The average molecular weight is 501 g/mol. The summed E-state index contributed by atoms with van der Waals surface area (Å²) in [7, 11) is 0. The third-order valence-corrected chi connectivity index (χ3v) is 8.27. The van der Waals surface area contributed by atoms with Crippen LogP contribution in [-0.4, -0.2) is 5.11 Å². The van der Waals surface area contributed by atoms with Crippen LogP contribution < -0.4 is 0 Å². The van der Waals surface area contributed by atoms with Gasteiger partial charge in [0, 0.05) is 21.9 Å². The molecule has 0 unspecified atom stereocenters. The third kappa shape index (κ3) is 2.91. The van der Waals surface area contributed by atoms with E-state index in [1.54, 1.807) is 0 Å². The van der Waals surface area contributed by atoms with Gasteiger partial charge in [0.2, 0.25) is 0 Å². The number of fused-ring (bicyclic) bond motifs is 6. The Morgan fingerprint density at radius 2 is 1.10 bits per heavy atom. The monoisotopic (exact) mass is 500 g/mol. The van der Waals surface area contributed by atoms with Crippen LogP contribution in [0.3, 0.4) is 0 Å². The Balaban J connectivity index is 1.58. The van der Waals surface area contributed by atoms with E-state index in [1.807, 2.05) is 18.2 Å². The Kier molecular flexibility index (Phi) is 4.62. The third-order valence-electron chi connectivity index (χ3n) is 8.27. The van der Waals surface area contributed by atoms with Crippen molar-refractivity contribution in [3.05, 3.63) is 162 Å². The van der Waals surface area contributed by atoms with Crippen LogP contribution in [0.15, 0.2) is 144 Å². The lowest BCUT2D eigenvalue weighted by Gasteiger charge is -2.35. The molecule has 39 heavy (non-hydrogen) atoms. The maximum atomic E-state index is 11.5. The summed E-state index contributed by atoms with van der Waals surface area (Å²) < 4.78 is 6.52. The van der Waals surface area contributed by atoms with Gasteiger partial charge in [-0.3, -0.25) is 0 Å². The molecule has 8 rings (SSSR count). The second-order valence-electron chi connectivity index (χ2n) is 10.2. The van der Waals surface area contributed by atoms with Crippen LogP contribution in [0, 0.1) is 0 Å². The lowest BCUT2D eigenvalue weighted by molar-refractivity contribution is 0.477. The maximum absolute atomic E-state index is 11.5. The number of hydrogen-bond donors (Lipinski definition) is 1. The minimum absolute atomic E-state index is 0.284. The van der Waals surface area contributed by atoms with E-state index in [2.05, 4.69) is 121 Å². The lowest BCUT2D eigenvalue weighted by Crippen LogP contribution is -2.29. The van der Waals surface area contributed by atoms with Gasteiger partial charge in [0.1, 0.15) is 16.9 Å². The molecule has 7 aromatic rings. The smallest absolute Gasteiger partial charge is 0.143 e. The van der Waals surface area contributed by atoms with Crippen molar-refractivity contribution in [3.8, 4) is 28.0 Å². The summed E-state index contributed by atoms with van der Waals surface area (Å²) in [6.07, 6.45) is 0. The Hall–Kier alpha value is -5.08. The Morgan fingerprint density at radius 3 is 1.87 bits per heavy atom. The van der Waals surface area contributed by atoms with E-state index in [9.17, 15) is 5.11 Å². The summed E-state index contributed by atoms with van der Waals surface area (Å²) in [4.78, 5) is 0. The quantitative estimate of drug-likeness (QED) is 0.262.